The quantitative estimate of drug-likeness (QED) is 0.177. The number of alkyl halides is 2. The largest absolute Gasteiger partial charge is 0.382 e. The third-order valence-corrected chi connectivity index (χ3v) is 4.48. The summed E-state index contributed by atoms with van der Waals surface area (Å²) >= 11 is 6.19. The van der Waals surface area contributed by atoms with E-state index in [2.05, 4.69) is 43.8 Å². The van der Waals surface area contributed by atoms with Gasteiger partial charge in [-0.1, -0.05) is 6.92 Å². The molecule has 1 aliphatic heterocycles. The zero-order valence-electron chi connectivity index (χ0n) is 11.3. The van der Waals surface area contributed by atoms with Crippen molar-refractivity contribution in [3.8, 4) is 0 Å². The van der Waals surface area contributed by atoms with E-state index in [-0.39, 0.29) is 0 Å². The number of nitro groups is 1. The first-order valence-corrected chi connectivity index (χ1v) is 7.75. The minimum atomic E-state index is -1.53. The number of aliphatic imine (C=N–C) groups is 1. The monoisotopic (exact) mass is 399 g/mol. The molecule has 0 aromatic carbocycles. The van der Waals surface area contributed by atoms with Crippen molar-refractivity contribution in [1.82, 2.24) is 4.90 Å². The number of rotatable bonds is 5. The normalized spacial score (nSPS) is 24.6. The average molecular weight is 401 g/mol. The topological polar surface area (TPSA) is 68.0 Å². The minimum Gasteiger partial charge on any atom is -0.381 e. The summed E-state index contributed by atoms with van der Waals surface area (Å²) in [7, 11) is 1.82. The number of amidine groups is 1. The lowest BCUT2D eigenvalue weighted by atomic mass is 9.98. The van der Waals surface area contributed by atoms with Gasteiger partial charge in [0.25, 0.3) is 0 Å². The van der Waals surface area contributed by atoms with Gasteiger partial charge < -0.3 is 9.64 Å². The zero-order chi connectivity index (χ0) is 14.6. The van der Waals surface area contributed by atoms with Gasteiger partial charge in [0.05, 0.1) is 11.5 Å². The molecule has 0 radical (unpaired) electrons. The van der Waals surface area contributed by atoms with E-state index in [4.69, 9.17) is 4.74 Å². The first-order valence-electron chi connectivity index (χ1n) is 6.16. The maximum absolute atomic E-state index is 11.1. The Labute approximate surface area is 130 Å². The molecule has 0 spiro atoms. The number of hydrogen-bond donors (Lipinski definition) is 0. The Bertz CT molecular complexity index is 363. The van der Waals surface area contributed by atoms with Gasteiger partial charge in [0.1, 0.15) is 0 Å². The van der Waals surface area contributed by atoms with Crippen LogP contribution in [0.15, 0.2) is 4.99 Å². The molecule has 1 rings (SSSR count). The molecular formula is C11H19Br2N3O3. The molecular weight excluding hydrogens is 382 g/mol. The van der Waals surface area contributed by atoms with Crippen LogP contribution in [0.2, 0.25) is 0 Å². The minimum absolute atomic E-state index is 0.370. The second kappa shape index (κ2) is 6.99. The molecule has 0 aromatic rings. The van der Waals surface area contributed by atoms with Crippen LogP contribution in [-0.4, -0.2) is 52.4 Å². The van der Waals surface area contributed by atoms with Crippen molar-refractivity contribution >= 4 is 37.7 Å². The summed E-state index contributed by atoms with van der Waals surface area (Å²) in [6.07, 6.45) is 0. The summed E-state index contributed by atoms with van der Waals surface area (Å²) in [5.41, 5.74) is 0. The summed E-state index contributed by atoms with van der Waals surface area (Å²) in [4.78, 5) is 16.8. The lowest BCUT2D eigenvalue weighted by Crippen LogP contribution is -2.46. The van der Waals surface area contributed by atoms with E-state index in [0.717, 1.165) is 6.61 Å². The fourth-order valence-electron chi connectivity index (χ4n) is 2.05. The standard InChI is InChI=1S/C11H19Br2N3O3/c1-4-14-10(11(12,13)16(17)18)15(3)5-9-7-19-6-8(9)2/h8-9H,4-7H2,1-3H3. The first-order chi connectivity index (χ1) is 8.80. The van der Waals surface area contributed by atoms with Crippen LogP contribution in [0.4, 0.5) is 0 Å². The maximum Gasteiger partial charge on any atom is 0.382 e. The third kappa shape index (κ3) is 4.13. The Balaban J connectivity index is 2.82. The van der Waals surface area contributed by atoms with Crippen LogP contribution in [0.25, 0.3) is 0 Å². The molecule has 0 saturated carbocycles. The van der Waals surface area contributed by atoms with Gasteiger partial charge in [-0.15, -0.1) is 0 Å². The molecule has 19 heavy (non-hydrogen) atoms. The highest BCUT2D eigenvalue weighted by molar-refractivity contribution is 9.25. The summed E-state index contributed by atoms with van der Waals surface area (Å²) < 4.78 is 3.88. The molecule has 1 aliphatic rings. The highest BCUT2D eigenvalue weighted by atomic mass is 79.9. The summed E-state index contributed by atoms with van der Waals surface area (Å²) in [5, 5.41) is 11.1. The summed E-state index contributed by atoms with van der Waals surface area (Å²) in [6, 6.07) is 0. The number of ether oxygens (including phenoxy) is 1. The maximum atomic E-state index is 11.1. The van der Waals surface area contributed by atoms with Crippen molar-refractivity contribution in [3.05, 3.63) is 10.1 Å². The van der Waals surface area contributed by atoms with Gasteiger partial charge in [0.15, 0.2) is 0 Å². The van der Waals surface area contributed by atoms with Crippen LogP contribution >= 0.6 is 31.9 Å². The van der Waals surface area contributed by atoms with Gasteiger partial charge in [0.2, 0.25) is 5.84 Å². The van der Waals surface area contributed by atoms with Crippen molar-refractivity contribution in [2.75, 3.05) is 33.4 Å². The molecule has 8 heteroatoms. The molecule has 6 nitrogen and oxygen atoms in total. The summed E-state index contributed by atoms with van der Waals surface area (Å²) in [6.45, 7) is 6.61. The second-order valence-corrected chi connectivity index (χ2v) is 8.11. The molecule has 110 valence electrons. The number of likely N-dealkylation sites (N-methyl/N-ethyl adjacent to an activating group) is 1. The van der Waals surface area contributed by atoms with Crippen molar-refractivity contribution in [2.24, 2.45) is 16.8 Å². The van der Waals surface area contributed by atoms with Crippen molar-refractivity contribution in [2.45, 2.75) is 17.2 Å². The van der Waals surface area contributed by atoms with Crippen LogP contribution in [0.3, 0.4) is 0 Å². The van der Waals surface area contributed by atoms with E-state index >= 15 is 0 Å². The molecule has 1 heterocycles. The SMILES string of the molecule is CCN=C(N(C)CC1COCC1C)C(Br)(Br)[N+](=O)[O-]. The Kier molecular flexibility index (Phi) is 6.19. The van der Waals surface area contributed by atoms with Gasteiger partial charge in [0, 0.05) is 64.5 Å². The van der Waals surface area contributed by atoms with Crippen LogP contribution in [0, 0.1) is 22.0 Å². The smallest absolute Gasteiger partial charge is 0.381 e. The zero-order valence-corrected chi connectivity index (χ0v) is 14.5. The van der Waals surface area contributed by atoms with Crippen LogP contribution in [0.1, 0.15) is 13.8 Å². The number of nitrogens with zero attached hydrogens (tertiary/aromatic N) is 3. The molecule has 0 bridgehead atoms. The van der Waals surface area contributed by atoms with Crippen molar-refractivity contribution in [3.63, 3.8) is 0 Å². The Hall–Kier alpha value is -0.210. The highest BCUT2D eigenvalue weighted by Gasteiger charge is 2.45. The van der Waals surface area contributed by atoms with Crippen LogP contribution in [-0.2, 0) is 4.74 Å². The molecule has 1 saturated heterocycles. The van der Waals surface area contributed by atoms with Crippen LogP contribution in [0.5, 0.6) is 0 Å². The van der Waals surface area contributed by atoms with E-state index in [0.29, 0.717) is 37.4 Å². The Morgan fingerprint density at radius 3 is 2.63 bits per heavy atom. The Morgan fingerprint density at radius 2 is 2.21 bits per heavy atom. The predicted molar refractivity (Wildman–Crippen MR) is 81.7 cm³/mol. The average Bonchev–Trinajstić information content (AvgIpc) is 2.71. The van der Waals surface area contributed by atoms with E-state index in [9.17, 15) is 10.1 Å². The van der Waals surface area contributed by atoms with E-state index < -0.39 is 8.28 Å². The first kappa shape index (κ1) is 16.8. The molecule has 1 fully saturated rings. The molecule has 2 unspecified atom stereocenters. The number of hydrogen-bond acceptors (Lipinski definition) is 4. The fraction of sp³-hybridized carbons (Fsp3) is 0.909. The fourth-order valence-corrected chi connectivity index (χ4v) is 2.91. The van der Waals surface area contributed by atoms with Crippen LogP contribution < -0.4 is 0 Å². The molecule has 0 aliphatic carbocycles. The van der Waals surface area contributed by atoms with Gasteiger partial charge in [-0.25, -0.2) is 0 Å². The second-order valence-electron chi connectivity index (χ2n) is 4.75. The number of halogens is 2. The van der Waals surface area contributed by atoms with Crippen molar-refractivity contribution in [1.29, 1.82) is 0 Å². The molecule has 0 amide bonds. The van der Waals surface area contributed by atoms with E-state index in [1.54, 1.807) is 0 Å². The lowest BCUT2D eigenvalue weighted by molar-refractivity contribution is -0.486. The van der Waals surface area contributed by atoms with E-state index in [1.165, 1.54) is 0 Å². The summed E-state index contributed by atoms with van der Waals surface area (Å²) in [5.74, 6) is 1.20. The molecule has 0 N–H and O–H groups in total. The van der Waals surface area contributed by atoms with Gasteiger partial charge >= 0.3 is 3.36 Å². The van der Waals surface area contributed by atoms with E-state index in [1.807, 2.05) is 18.9 Å². The molecule has 2 atom stereocenters. The molecule has 0 aromatic heterocycles. The third-order valence-electron chi connectivity index (χ3n) is 3.19. The highest BCUT2D eigenvalue weighted by Crippen LogP contribution is 2.31. The van der Waals surface area contributed by atoms with Crippen molar-refractivity contribution < 1.29 is 9.66 Å². The van der Waals surface area contributed by atoms with Gasteiger partial charge in [-0.05, 0) is 12.8 Å². The van der Waals surface area contributed by atoms with Gasteiger partial charge in [-0.3, -0.25) is 15.1 Å². The predicted octanol–water partition coefficient (Wildman–Crippen LogP) is 2.34. The Morgan fingerprint density at radius 1 is 1.58 bits per heavy atom. The van der Waals surface area contributed by atoms with Gasteiger partial charge in [-0.2, -0.15) is 0 Å². The lowest BCUT2D eigenvalue weighted by Gasteiger charge is -2.28.